The molecule has 2 aromatic carbocycles. The number of carbonyl (C=O) groups is 1. The van der Waals surface area contributed by atoms with Gasteiger partial charge in [-0.05, 0) is 62.4 Å². The predicted octanol–water partition coefficient (Wildman–Crippen LogP) is 5.93. The molecule has 0 spiro atoms. The molecule has 0 fully saturated rings. The van der Waals surface area contributed by atoms with Crippen molar-refractivity contribution in [1.82, 2.24) is 0 Å². The second kappa shape index (κ2) is 12.9. The summed E-state index contributed by atoms with van der Waals surface area (Å²) in [6.45, 7) is 6.84. The van der Waals surface area contributed by atoms with Crippen LogP contribution in [-0.4, -0.2) is 30.4 Å². The molecule has 0 aliphatic rings. The number of aryl methyl sites for hydroxylation is 1. The van der Waals surface area contributed by atoms with E-state index in [1.807, 2.05) is 30.3 Å². The molecular weight excluding hydrogens is 380 g/mol. The van der Waals surface area contributed by atoms with E-state index in [2.05, 4.69) is 13.8 Å². The maximum absolute atomic E-state index is 12.1. The number of ether oxygens (including phenoxy) is 3. The Morgan fingerprint density at radius 3 is 2.53 bits per heavy atom. The van der Waals surface area contributed by atoms with Crippen LogP contribution in [0.1, 0.15) is 68.8 Å². The van der Waals surface area contributed by atoms with Gasteiger partial charge >= 0.3 is 5.97 Å². The zero-order valence-corrected chi connectivity index (χ0v) is 18.4. The Morgan fingerprint density at radius 1 is 1.00 bits per heavy atom. The third-order valence-electron chi connectivity index (χ3n) is 4.70. The van der Waals surface area contributed by atoms with E-state index in [4.69, 9.17) is 14.2 Å². The topological polar surface area (TPSA) is 65.0 Å². The Hall–Kier alpha value is -2.53. The van der Waals surface area contributed by atoms with Gasteiger partial charge in [-0.15, -0.1) is 0 Å². The van der Waals surface area contributed by atoms with Gasteiger partial charge in [0.1, 0.15) is 17.2 Å². The molecule has 2 aromatic rings. The smallest absolute Gasteiger partial charge is 0.338 e. The second-order valence-electron chi connectivity index (χ2n) is 7.30. The molecule has 0 saturated heterocycles. The first-order valence-electron chi connectivity index (χ1n) is 11.0. The SMILES string of the molecule is CCCc1ccc(C(=O)OCC)cc1Oc1cccc(OCCCC(O)CCC)c1. The Balaban J connectivity index is 2.05. The summed E-state index contributed by atoms with van der Waals surface area (Å²) < 4.78 is 17.0. The van der Waals surface area contributed by atoms with E-state index in [1.54, 1.807) is 19.1 Å². The van der Waals surface area contributed by atoms with Crippen molar-refractivity contribution in [2.24, 2.45) is 0 Å². The lowest BCUT2D eigenvalue weighted by Gasteiger charge is -2.14. The summed E-state index contributed by atoms with van der Waals surface area (Å²) >= 11 is 0. The Kier molecular flexibility index (Phi) is 10.2. The highest BCUT2D eigenvalue weighted by molar-refractivity contribution is 5.90. The highest BCUT2D eigenvalue weighted by Gasteiger charge is 2.12. The van der Waals surface area contributed by atoms with Crippen LogP contribution >= 0.6 is 0 Å². The lowest BCUT2D eigenvalue weighted by atomic mass is 10.1. The molecule has 0 bridgehead atoms. The van der Waals surface area contributed by atoms with Crippen LogP contribution in [0.4, 0.5) is 0 Å². The van der Waals surface area contributed by atoms with Crippen LogP contribution in [0.25, 0.3) is 0 Å². The van der Waals surface area contributed by atoms with Gasteiger partial charge in [-0.25, -0.2) is 4.79 Å². The number of aliphatic hydroxyl groups excluding tert-OH is 1. The molecule has 5 heteroatoms. The molecule has 0 aromatic heterocycles. The molecule has 1 unspecified atom stereocenters. The van der Waals surface area contributed by atoms with Crippen LogP contribution in [0.15, 0.2) is 42.5 Å². The van der Waals surface area contributed by atoms with Gasteiger partial charge < -0.3 is 19.3 Å². The standard InChI is InChI=1S/C25H34O5/c1-4-9-19-14-15-20(25(27)28-6-3)17-24(19)30-23-13-7-12-22(18-23)29-16-8-11-21(26)10-5-2/h7,12-15,17-18,21,26H,4-6,8-11,16H2,1-3H3. The molecule has 0 amide bonds. The Labute approximate surface area is 180 Å². The molecule has 2 rings (SSSR count). The summed E-state index contributed by atoms with van der Waals surface area (Å²) in [5.41, 5.74) is 1.52. The molecule has 0 aliphatic carbocycles. The van der Waals surface area contributed by atoms with Gasteiger partial charge in [0.2, 0.25) is 0 Å². The van der Waals surface area contributed by atoms with Crippen LogP contribution in [0.3, 0.4) is 0 Å². The number of benzene rings is 2. The van der Waals surface area contributed by atoms with Gasteiger partial charge in [0.05, 0.1) is 24.9 Å². The number of hydrogen-bond acceptors (Lipinski definition) is 5. The molecule has 0 heterocycles. The van der Waals surface area contributed by atoms with Crippen LogP contribution < -0.4 is 9.47 Å². The molecule has 1 atom stereocenters. The van der Waals surface area contributed by atoms with Gasteiger partial charge in [-0.2, -0.15) is 0 Å². The Bertz CT molecular complexity index is 787. The monoisotopic (exact) mass is 414 g/mol. The molecule has 30 heavy (non-hydrogen) atoms. The van der Waals surface area contributed by atoms with Crippen LogP contribution in [0, 0.1) is 0 Å². The zero-order chi connectivity index (χ0) is 21.8. The number of esters is 1. The van der Waals surface area contributed by atoms with E-state index in [0.29, 0.717) is 30.3 Å². The molecular formula is C25H34O5. The van der Waals surface area contributed by atoms with Gasteiger partial charge in [0.15, 0.2) is 0 Å². The number of carbonyl (C=O) groups excluding carboxylic acids is 1. The van der Waals surface area contributed by atoms with Crippen molar-refractivity contribution in [3.05, 3.63) is 53.6 Å². The molecule has 5 nitrogen and oxygen atoms in total. The summed E-state index contributed by atoms with van der Waals surface area (Å²) in [6, 6.07) is 12.9. The first-order valence-corrected chi connectivity index (χ1v) is 11.0. The van der Waals surface area contributed by atoms with Gasteiger partial charge in [-0.3, -0.25) is 0 Å². The largest absolute Gasteiger partial charge is 0.493 e. The summed E-state index contributed by atoms with van der Waals surface area (Å²) in [5.74, 6) is 1.67. The molecule has 1 N–H and O–H groups in total. The minimum Gasteiger partial charge on any atom is -0.493 e. The molecule has 0 saturated carbocycles. The van der Waals surface area contributed by atoms with Gasteiger partial charge in [0, 0.05) is 6.07 Å². The average molecular weight is 415 g/mol. The van der Waals surface area contributed by atoms with E-state index < -0.39 is 0 Å². The summed E-state index contributed by atoms with van der Waals surface area (Å²) in [7, 11) is 0. The van der Waals surface area contributed by atoms with Gasteiger partial charge in [0.25, 0.3) is 0 Å². The number of rotatable bonds is 13. The van der Waals surface area contributed by atoms with Crippen molar-refractivity contribution in [2.75, 3.05) is 13.2 Å². The fourth-order valence-corrected chi connectivity index (χ4v) is 3.21. The van der Waals surface area contributed by atoms with Crippen molar-refractivity contribution in [2.45, 2.75) is 65.4 Å². The van der Waals surface area contributed by atoms with E-state index in [1.165, 1.54) is 0 Å². The maximum atomic E-state index is 12.1. The van der Waals surface area contributed by atoms with Gasteiger partial charge in [-0.1, -0.05) is 38.8 Å². The van der Waals surface area contributed by atoms with E-state index in [9.17, 15) is 9.90 Å². The third-order valence-corrected chi connectivity index (χ3v) is 4.70. The summed E-state index contributed by atoms with van der Waals surface area (Å²) in [5, 5.41) is 9.81. The first-order chi connectivity index (χ1) is 14.6. The average Bonchev–Trinajstić information content (AvgIpc) is 2.73. The second-order valence-corrected chi connectivity index (χ2v) is 7.30. The third kappa shape index (κ3) is 7.71. The van der Waals surface area contributed by atoms with Crippen molar-refractivity contribution < 1.29 is 24.1 Å². The van der Waals surface area contributed by atoms with Crippen molar-refractivity contribution >= 4 is 5.97 Å². The summed E-state index contributed by atoms with van der Waals surface area (Å²) in [4.78, 5) is 12.1. The minimum atomic E-state index is -0.354. The molecule has 164 valence electrons. The normalized spacial score (nSPS) is 11.7. The lowest BCUT2D eigenvalue weighted by molar-refractivity contribution is 0.0526. The lowest BCUT2D eigenvalue weighted by Crippen LogP contribution is -2.08. The molecule has 0 aliphatic heterocycles. The van der Waals surface area contributed by atoms with Crippen molar-refractivity contribution in [3.8, 4) is 17.2 Å². The van der Waals surface area contributed by atoms with E-state index >= 15 is 0 Å². The first kappa shape index (κ1) is 23.7. The van der Waals surface area contributed by atoms with Crippen LogP contribution in [0.2, 0.25) is 0 Å². The molecule has 0 radical (unpaired) electrons. The fourth-order valence-electron chi connectivity index (χ4n) is 3.21. The number of aliphatic hydroxyl groups is 1. The predicted molar refractivity (Wildman–Crippen MR) is 119 cm³/mol. The van der Waals surface area contributed by atoms with Crippen molar-refractivity contribution in [1.29, 1.82) is 0 Å². The van der Waals surface area contributed by atoms with E-state index in [0.717, 1.165) is 49.8 Å². The summed E-state index contributed by atoms with van der Waals surface area (Å²) in [6.07, 6.45) is 4.93. The quantitative estimate of drug-likeness (QED) is 0.325. The highest BCUT2D eigenvalue weighted by Crippen LogP contribution is 2.30. The highest BCUT2D eigenvalue weighted by atomic mass is 16.5. The van der Waals surface area contributed by atoms with Crippen molar-refractivity contribution in [3.63, 3.8) is 0 Å². The zero-order valence-electron chi connectivity index (χ0n) is 18.4. The minimum absolute atomic E-state index is 0.253. The van der Waals surface area contributed by atoms with Crippen LogP contribution in [0.5, 0.6) is 17.2 Å². The number of hydrogen-bond donors (Lipinski definition) is 1. The maximum Gasteiger partial charge on any atom is 0.338 e. The fraction of sp³-hybridized carbons (Fsp3) is 0.480. The Morgan fingerprint density at radius 2 is 1.80 bits per heavy atom. The van der Waals surface area contributed by atoms with Crippen LogP contribution in [-0.2, 0) is 11.2 Å². The van der Waals surface area contributed by atoms with E-state index in [-0.39, 0.29) is 12.1 Å².